The van der Waals surface area contributed by atoms with Crippen LogP contribution in [0.2, 0.25) is 0 Å². The molecule has 1 heterocycles. The summed E-state index contributed by atoms with van der Waals surface area (Å²) < 4.78 is 1.23. The van der Waals surface area contributed by atoms with Crippen LogP contribution in [0, 0.1) is 10.1 Å². The van der Waals surface area contributed by atoms with Gasteiger partial charge in [-0.1, -0.05) is 12.1 Å². The van der Waals surface area contributed by atoms with Crippen LogP contribution in [0.5, 0.6) is 11.8 Å². The second-order valence-corrected chi connectivity index (χ2v) is 6.69. The number of non-ortho nitro benzene ring substituents is 1. The Kier molecular flexibility index (Phi) is 5.17. The molecule has 2 amide bonds. The average molecular weight is 430 g/mol. The Balaban J connectivity index is 1.52. The van der Waals surface area contributed by atoms with E-state index in [0.717, 1.165) is 12.1 Å². The number of rotatable bonds is 4. The van der Waals surface area contributed by atoms with Crippen LogP contribution in [0.25, 0.3) is 16.5 Å². The molecule has 0 unspecified atom stereocenters. The number of carbonyl (C=O) groups excluding carboxylic acids is 2. The van der Waals surface area contributed by atoms with Crippen molar-refractivity contribution in [1.82, 2.24) is 4.57 Å². The molecule has 0 atom stereocenters. The number of nitro benzene ring substituents is 1. The van der Waals surface area contributed by atoms with Gasteiger partial charge in [-0.25, -0.2) is 0 Å². The van der Waals surface area contributed by atoms with Gasteiger partial charge in [0.05, 0.1) is 10.6 Å². The zero-order valence-electron chi connectivity index (χ0n) is 16.2. The van der Waals surface area contributed by atoms with E-state index in [4.69, 9.17) is 0 Å². The lowest BCUT2D eigenvalue weighted by Crippen LogP contribution is -1.99. The van der Waals surface area contributed by atoms with Gasteiger partial charge in [0.2, 0.25) is 11.8 Å². The summed E-state index contributed by atoms with van der Waals surface area (Å²) in [5.41, 5.74) is 0.409. The van der Waals surface area contributed by atoms with Crippen LogP contribution in [0.3, 0.4) is 0 Å². The SMILES string of the molecule is O=C(N=NC(=O)c1ccc([N+](=O)[O-])cc1)c1ccc(-n2c(O)c3ccccc3c2O)cc1. The third kappa shape index (κ3) is 3.67. The summed E-state index contributed by atoms with van der Waals surface area (Å²) in [5.74, 6) is -1.90. The monoisotopic (exact) mass is 430 g/mol. The number of benzene rings is 3. The van der Waals surface area contributed by atoms with Crippen LogP contribution >= 0.6 is 0 Å². The van der Waals surface area contributed by atoms with Crippen molar-refractivity contribution in [2.24, 2.45) is 10.2 Å². The first-order valence-electron chi connectivity index (χ1n) is 9.23. The Labute approximate surface area is 179 Å². The Morgan fingerprint density at radius 2 is 1.19 bits per heavy atom. The minimum absolute atomic E-state index is 0.0492. The van der Waals surface area contributed by atoms with Crippen LogP contribution in [0.1, 0.15) is 20.7 Å². The number of carbonyl (C=O) groups is 2. The maximum atomic E-state index is 12.2. The summed E-state index contributed by atoms with van der Waals surface area (Å²) in [7, 11) is 0. The molecule has 0 saturated carbocycles. The molecule has 0 aliphatic rings. The van der Waals surface area contributed by atoms with Gasteiger partial charge in [0.15, 0.2) is 0 Å². The van der Waals surface area contributed by atoms with E-state index in [2.05, 4.69) is 10.2 Å². The van der Waals surface area contributed by atoms with E-state index in [1.807, 2.05) is 0 Å². The van der Waals surface area contributed by atoms with E-state index >= 15 is 0 Å². The minimum Gasteiger partial charge on any atom is -0.494 e. The number of nitrogens with zero attached hydrogens (tertiary/aromatic N) is 4. The highest BCUT2D eigenvalue weighted by Gasteiger charge is 2.17. The van der Waals surface area contributed by atoms with Crippen LogP contribution < -0.4 is 0 Å². The molecule has 1 aromatic heterocycles. The van der Waals surface area contributed by atoms with Crippen LogP contribution in [0.4, 0.5) is 5.69 Å². The van der Waals surface area contributed by atoms with Crippen molar-refractivity contribution < 1.29 is 24.7 Å². The summed E-state index contributed by atoms with van der Waals surface area (Å²) >= 11 is 0. The van der Waals surface area contributed by atoms with Crippen LogP contribution in [-0.4, -0.2) is 31.5 Å². The number of hydrogen-bond acceptors (Lipinski definition) is 6. The van der Waals surface area contributed by atoms with Crippen LogP contribution in [0.15, 0.2) is 83.0 Å². The zero-order chi connectivity index (χ0) is 22.8. The lowest BCUT2D eigenvalue weighted by atomic mass is 10.2. The Bertz CT molecular complexity index is 1350. The van der Waals surface area contributed by atoms with Crippen molar-refractivity contribution in [1.29, 1.82) is 0 Å². The number of fused-ring (bicyclic) bond motifs is 1. The topological polar surface area (TPSA) is 147 Å². The Morgan fingerprint density at radius 3 is 1.62 bits per heavy atom. The third-order valence-corrected chi connectivity index (χ3v) is 4.76. The van der Waals surface area contributed by atoms with Crippen molar-refractivity contribution in [3.8, 4) is 17.4 Å². The number of nitro groups is 1. The standard InChI is InChI=1S/C22H14N4O6/c27-19(23-24-20(28)14-7-11-16(12-8-14)26(31)32)13-5-9-15(10-6-13)25-21(29)17-3-1-2-4-18(17)22(25)30/h1-12,29-30H. The summed E-state index contributed by atoms with van der Waals surface area (Å²) in [6, 6.07) is 17.4. The van der Waals surface area contributed by atoms with Gasteiger partial charge in [0.25, 0.3) is 17.5 Å². The molecule has 10 nitrogen and oxygen atoms in total. The fourth-order valence-corrected chi connectivity index (χ4v) is 3.14. The molecule has 32 heavy (non-hydrogen) atoms. The fourth-order valence-electron chi connectivity index (χ4n) is 3.14. The van der Waals surface area contributed by atoms with E-state index in [9.17, 15) is 29.9 Å². The largest absolute Gasteiger partial charge is 0.494 e. The van der Waals surface area contributed by atoms with Gasteiger partial charge in [-0.05, 0) is 48.5 Å². The summed E-state index contributed by atoms with van der Waals surface area (Å²) in [5, 5.41) is 39.2. The first kappa shape index (κ1) is 20.4. The van der Waals surface area contributed by atoms with Gasteiger partial charge >= 0.3 is 0 Å². The maximum Gasteiger partial charge on any atom is 0.295 e. The first-order chi connectivity index (χ1) is 15.4. The van der Waals surface area contributed by atoms with Gasteiger partial charge < -0.3 is 10.2 Å². The van der Waals surface area contributed by atoms with E-state index in [1.165, 1.54) is 41.0 Å². The quantitative estimate of drug-likeness (QED) is 0.279. The van der Waals surface area contributed by atoms with Crippen molar-refractivity contribution >= 4 is 28.3 Å². The summed E-state index contributed by atoms with van der Waals surface area (Å²) in [4.78, 5) is 34.3. The summed E-state index contributed by atoms with van der Waals surface area (Å²) in [6.07, 6.45) is 0. The highest BCUT2D eigenvalue weighted by atomic mass is 16.6. The fraction of sp³-hybridized carbons (Fsp3) is 0. The zero-order valence-corrected chi connectivity index (χ0v) is 16.2. The van der Waals surface area contributed by atoms with E-state index in [-0.39, 0.29) is 28.6 Å². The van der Waals surface area contributed by atoms with Gasteiger partial charge in [0, 0.05) is 34.0 Å². The Morgan fingerprint density at radius 1 is 0.750 bits per heavy atom. The van der Waals surface area contributed by atoms with Crippen LogP contribution in [-0.2, 0) is 0 Å². The molecule has 158 valence electrons. The molecule has 4 rings (SSSR count). The molecular formula is C22H14N4O6. The molecule has 4 aromatic rings. The van der Waals surface area contributed by atoms with Gasteiger partial charge in [-0.15, -0.1) is 10.2 Å². The molecule has 0 fully saturated rings. The number of azo groups is 1. The second-order valence-electron chi connectivity index (χ2n) is 6.69. The first-order valence-corrected chi connectivity index (χ1v) is 9.23. The van der Waals surface area contributed by atoms with Gasteiger partial charge in [-0.2, -0.15) is 0 Å². The molecule has 10 heteroatoms. The lowest BCUT2D eigenvalue weighted by molar-refractivity contribution is -0.384. The molecule has 3 aromatic carbocycles. The summed E-state index contributed by atoms with van der Waals surface area (Å²) in [6.45, 7) is 0. The normalized spacial score (nSPS) is 11.1. The molecule has 0 spiro atoms. The Hall–Kier alpha value is -4.86. The number of aromatic hydroxyl groups is 2. The molecule has 0 bridgehead atoms. The molecule has 0 radical (unpaired) electrons. The van der Waals surface area contributed by atoms with Crippen molar-refractivity contribution in [2.75, 3.05) is 0 Å². The molecule has 0 saturated heterocycles. The molecule has 0 aliphatic carbocycles. The van der Waals surface area contributed by atoms with Crippen molar-refractivity contribution in [2.45, 2.75) is 0 Å². The van der Waals surface area contributed by atoms with Gasteiger partial charge in [0.1, 0.15) is 0 Å². The number of aromatic nitrogens is 1. The second kappa shape index (κ2) is 8.11. The average Bonchev–Trinajstić information content (AvgIpc) is 3.07. The third-order valence-electron chi connectivity index (χ3n) is 4.76. The highest BCUT2D eigenvalue weighted by molar-refractivity contribution is 5.99. The lowest BCUT2D eigenvalue weighted by Gasteiger charge is -2.07. The van der Waals surface area contributed by atoms with E-state index < -0.39 is 16.7 Å². The van der Waals surface area contributed by atoms with E-state index in [1.54, 1.807) is 24.3 Å². The van der Waals surface area contributed by atoms with Gasteiger partial charge in [-0.3, -0.25) is 24.3 Å². The minimum atomic E-state index is -0.821. The predicted molar refractivity (Wildman–Crippen MR) is 113 cm³/mol. The van der Waals surface area contributed by atoms with Crippen molar-refractivity contribution in [3.63, 3.8) is 0 Å². The van der Waals surface area contributed by atoms with E-state index in [0.29, 0.717) is 16.5 Å². The smallest absolute Gasteiger partial charge is 0.295 e. The van der Waals surface area contributed by atoms with Crippen molar-refractivity contribution in [3.05, 3.63) is 94.0 Å². The maximum absolute atomic E-state index is 12.2. The predicted octanol–water partition coefficient (Wildman–Crippen LogP) is 4.38. The molecule has 2 N–H and O–H groups in total. The highest BCUT2D eigenvalue weighted by Crippen LogP contribution is 2.38. The molecule has 0 aliphatic heterocycles. The number of hydrogen-bond donors (Lipinski definition) is 2. The number of amides is 2. The molecular weight excluding hydrogens is 416 g/mol.